The summed E-state index contributed by atoms with van der Waals surface area (Å²) in [6.07, 6.45) is 5.91. The molecule has 4 aromatic rings. The highest BCUT2D eigenvalue weighted by Crippen LogP contribution is 2.20. The smallest absolute Gasteiger partial charge is 0.243 e. The standard InChI is InChI=1S/C45H60N8O6S/c1-29(2)24-36(42(56)50-35(41(47)55)21-23-60-3)51-45(59)39(27-32-28-48-34-19-11-10-18-33(32)34)53-44(58)38(26-31-16-8-5-9-17-31)52-43(57)37(25-30-14-6-4-7-15-30)49-40(54)20-12-13-22-46/h4-11,14-19,28-29,35-39,48H,12-13,20-27,46H2,1-3H3,(H2,47,55)(H,49,54)(H,50,56)(H,51,59)(H,52,57)(H,53,58)/t35-,36-,37-,38-,39-/m0/s1. The van der Waals surface area contributed by atoms with E-state index in [1.54, 1.807) is 6.20 Å². The molecule has 3 aromatic carbocycles. The number of rotatable bonds is 25. The Balaban J connectivity index is 1.65. The number of hydrogen-bond acceptors (Lipinski definition) is 8. The molecule has 0 fully saturated rings. The van der Waals surface area contributed by atoms with Crippen molar-refractivity contribution in [2.75, 3.05) is 18.6 Å². The first-order chi connectivity index (χ1) is 28.9. The molecule has 0 aliphatic carbocycles. The van der Waals surface area contributed by atoms with Gasteiger partial charge in [-0.3, -0.25) is 28.8 Å². The number of carbonyl (C=O) groups is 6. The molecule has 0 saturated carbocycles. The average Bonchev–Trinajstić information content (AvgIpc) is 3.64. The minimum absolute atomic E-state index is 0.0311. The predicted molar refractivity (Wildman–Crippen MR) is 237 cm³/mol. The van der Waals surface area contributed by atoms with Crippen molar-refractivity contribution in [1.82, 2.24) is 31.6 Å². The highest BCUT2D eigenvalue weighted by atomic mass is 32.2. The quantitative estimate of drug-likeness (QED) is 0.0462. The van der Waals surface area contributed by atoms with Gasteiger partial charge in [-0.25, -0.2) is 0 Å². The molecule has 1 heterocycles. The molecule has 0 saturated heterocycles. The number of amides is 6. The molecule has 322 valence electrons. The molecule has 4 rings (SSSR count). The number of primary amides is 1. The molecule has 14 nitrogen and oxygen atoms in total. The van der Waals surface area contributed by atoms with Gasteiger partial charge in [0.1, 0.15) is 30.2 Å². The van der Waals surface area contributed by atoms with E-state index >= 15 is 0 Å². The molecule has 0 aliphatic heterocycles. The van der Waals surface area contributed by atoms with Crippen LogP contribution in [0, 0.1) is 5.92 Å². The monoisotopic (exact) mass is 840 g/mol. The number of H-pyrrole nitrogens is 1. The molecule has 0 spiro atoms. The number of fused-ring (bicyclic) bond motifs is 1. The van der Waals surface area contributed by atoms with Crippen LogP contribution in [0.15, 0.2) is 91.1 Å². The van der Waals surface area contributed by atoms with Crippen LogP contribution >= 0.6 is 11.8 Å². The van der Waals surface area contributed by atoms with E-state index in [0.717, 1.165) is 27.6 Å². The summed E-state index contributed by atoms with van der Waals surface area (Å²) in [4.78, 5) is 85.3. The molecule has 1 aromatic heterocycles. The van der Waals surface area contributed by atoms with Crippen molar-refractivity contribution in [3.8, 4) is 0 Å². The number of para-hydroxylation sites is 1. The molecule has 15 heteroatoms. The lowest BCUT2D eigenvalue weighted by atomic mass is 9.99. The number of nitrogens with two attached hydrogens (primary N) is 2. The van der Waals surface area contributed by atoms with Gasteiger partial charge in [0.2, 0.25) is 35.4 Å². The van der Waals surface area contributed by atoms with Crippen LogP contribution in [0.2, 0.25) is 0 Å². The third-order valence-corrected chi connectivity index (χ3v) is 10.7. The fourth-order valence-electron chi connectivity index (χ4n) is 6.86. The number of carbonyl (C=O) groups excluding carboxylic acids is 6. The Labute approximate surface area is 356 Å². The maximum Gasteiger partial charge on any atom is 0.243 e. The number of benzene rings is 3. The van der Waals surface area contributed by atoms with Gasteiger partial charge in [-0.2, -0.15) is 11.8 Å². The van der Waals surface area contributed by atoms with Gasteiger partial charge in [-0.1, -0.05) is 92.7 Å². The highest BCUT2D eigenvalue weighted by molar-refractivity contribution is 7.98. The lowest BCUT2D eigenvalue weighted by Crippen LogP contribution is -2.60. The van der Waals surface area contributed by atoms with Gasteiger partial charge in [-0.05, 0) is 72.9 Å². The van der Waals surface area contributed by atoms with Gasteiger partial charge >= 0.3 is 0 Å². The van der Waals surface area contributed by atoms with Crippen molar-refractivity contribution >= 4 is 58.1 Å². The van der Waals surface area contributed by atoms with Crippen molar-refractivity contribution in [1.29, 1.82) is 0 Å². The highest BCUT2D eigenvalue weighted by Gasteiger charge is 2.33. The van der Waals surface area contributed by atoms with E-state index in [1.165, 1.54) is 11.8 Å². The van der Waals surface area contributed by atoms with E-state index in [0.29, 0.717) is 31.6 Å². The zero-order valence-corrected chi connectivity index (χ0v) is 35.5. The van der Waals surface area contributed by atoms with Gasteiger partial charge in [0.25, 0.3) is 0 Å². The van der Waals surface area contributed by atoms with Gasteiger partial charge in [0, 0.05) is 42.8 Å². The van der Waals surface area contributed by atoms with Crippen molar-refractivity contribution in [2.45, 2.75) is 95.4 Å². The van der Waals surface area contributed by atoms with E-state index < -0.39 is 59.7 Å². The Morgan fingerprint density at radius 2 is 1.13 bits per heavy atom. The summed E-state index contributed by atoms with van der Waals surface area (Å²) < 4.78 is 0. The summed E-state index contributed by atoms with van der Waals surface area (Å²) in [7, 11) is 0. The van der Waals surface area contributed by atoms with Crippen molar-refractivity contribution in [3.05, 3.63) is 108 Å². The normalized spacial score (nSPS) is 13.7. The molecule has 0 unspecified atom stereocenters. The Hall–Kier alpha value is -5.67. The van der Waals surface area contributed by atoms with Crippen LogP contribution in [0.5, 0.6) is 0 Å². The number of hydrogen-bond donors (Lipinski definition) is 8. The first kappa shape index (κ1) is 47.0. The fourth-order valence-corrected chi connectivity index (χ4v) is 7.33. The Morgan fingerprint density at radius 3 is 1.68 bits per heavy atom. The summed E-state index contributed by atoms with van der Waals surface area (Å²) in [6.45, 7) is 4.25. The van der Waals surface area contributed by atoms with Crippen molar-refractivity contribution in [2.24, 2.45) is 17.4 Å². The van der Waals surface area contributed by atoms with Crippen LogP contribution in [-0.4, -0.2) is 89.2 Å². The maximum absolute atomic E-state index is 14.5. The van der Waals surface area contributed by atoms with Crippen LogP contribution in [0.1, 0.15) is 62.6 Å². The predicted octanol–water partition coefficient (Wildman–Crippen LogP) is 3.03. The molecule has 0 bridgehead atoms. The van der Waals surface area contributed by atoms with Gasteiger partial charge in [0.15, 0.2) is 0 Å². The zero-order chi connectivity index (χ0) is 43.4. The maximum atomic E-state index is 14.5. The van der Waals surface area contributed by atoms with Crippen LogP contribution in [0.4, 0.5) is 0 Å². The molecule has 0 aliphatic rings. The van der Waals surface area contributed by atoms with Crippen molar-refractivity contribution < 1.29 is 28.8 Å². The Kier molecular flexibility index (Phi) is 19.1. The number of thioether (sulfide) groups is 1. The third kappa shape index (κ3) is 15.2. The summed E-state index contributed by atoms with van der Waals surface area (Å²) >= 11 is 1.51. The van der Waals surface area contributed by atoms with Gasteiger partial charge in [0.05, 0.1) is 0 Å². The molecule has 6 amide bonds. The summed E-state index contributed by atoms with van der Waals surface area (Å²) in [5.74, 6) is -2.85. The number of unbranched alkanes of at least 4 members (excludes halogenated alkanes) is 1. The second-order valence-electron chi connectivity index (χ2n) is 15.4. The zero-order valence-electron chi connectivity index (χ0n) is 34.7. The van der Waals surface area contributed by atoms with E-state index in [-0.39, 0.29) is 43.9 Å². The number of aromatic nitrogens is 1. The summed E-state index contributed by atoms with van der Waals surface area (Å²) in [5, 5.41) is 15.1. The lowest BCUT2D eigenvalue weighted by molar-refractivity contribution is -0.135. The van der Waals surface area contributed by atoms with E-state index in [2.05, 4.69) is 31.6 Å². The molecule has 5 atom stereocenters. The van der Waals surface area contributed by atoms with Crippen LogP contribution in [0.25, 0.3) is 10.9 Å². The summed E-state index contributed by atoms with van der Waals surface area (Å²) in [6, 6.07) is 20.6. The summed E-state index contributed by atoms with van der Waals surface area (Å²) in [5.41, 5.74) is 14.4. The molecular formula is C45H60N8O6S. The first-order valence-electron chi connectivity index (χ1n) is 20.5. The minimum atomic E-state index is -1.21. The van der Waals surface area contributed by atoms with E-state index in [4.69, 9.17) is 11.5 Å². The minimum Gasteiger partial charge on any atom is -0.368 e. The molecule has 0 radical (unpaired) electrons. The Morgan fingerprint density at radius 1 is 0.633 bits per heavy atom. The van der Waals surface area contributed by atoms with Gasteiger partial charge in [-0.15, -0.1) is 0 Å². The van der Waals surface area contributed by atoms with Gasteiger partial charge < -0.3 is 43.0 Å². The molecule has 10 N–H and O–H groups in total. The first-order valence-corrected chi connectivity index (χ1v) is 21.9. The number of aromatic amines is 1. The third-order valence-electron chi connectivity index (χ3n) is 10.1. The Bertz CT molecular complexity index is 2010. The van der Waals surface area contributed by atoms with E-state index in [9.17, 15) is 28.8 Å². The second-order valence-corrected chi connectivity index (χ2v) is 16.4. The van der Waals surface area contributed by atoms with Crippen LogP contribution in [0.3, 0.4) is 0 Å². The van der Waals surface area contributed by atoms with Crippen LogP contribution < -0.4 is 38.1 Å². The molecular weight excluding hydrogens is 781 g/mol. The fraction of sp³-hybridized carbons (Fsp3) is 0.422. The second kappa shape index (κ2) is 24.4. The lowest BCUT2D eigenvalue weighted by Gasteiger charge is -2.28. The molecule has 60 heavy (non-hydrogen) atoms. The largest absolute Gasteiger partial charge is 0.368 e. The van der Waals surface area contributed by atoms with Crippen molar-refractivity contribution in [3.63, 3.8) is 0 Å². The number of nitrogens with one attached hydrogen (secondary N) is 6. The average molecular weight is 841 g/mol. The van der Waals surface area contributed by atoms with Crippen LogP contribution in [-0.2, 0) is 48.0 Å². The van der Waals surface area contributed by atoms with E-state index in [1.807, 2.05) is 105 Å². The topological polar surface area (TPSA) is 230 Å². The SMILES string of the molecule is CSCC[C@H](NC(=O)[C@H](CC(C)C)NC(=O)[C@H](Cc1c[nH]c2ccccc12)NC(=O)[C@H](Cc1ccccc1)NC(=O)[C@H](Cc1ccccc1)NC(=O)CCCCN)C(N)=O.